The second kappa shape index (κ2) is 11.4. The van der Waals surface area contributed by atoms with Crippen molar-refractivity contribution in [1.29, 1.82) is 0 Å². The fourth-order valence-corrected chi connectivity index (χ4v) is 1.99. The Morgan fingerprint density at radius 1 is 1.14 bits per heavy atom. The molecule has 0 bridgehead atoms. The molecule has 1 aliphatic rings. The number of rotatable bonds is 5. The summed E-state index contributed by atoms with van der Waals surface area (Å²) < 4.78 is 11.4. The third-order valence-corrected chi connectivity index (χ3v) is 3.37. The van der Waals surface area contributed by atoms with E-state index in [0.29, 0.717) is 25.4 Å². The van der Waals surface area contributed by atoms with Gasteiger partial charge in [-0.25, -0.2) is 14.4 Å². The number of carboxylic acid groups (broad SMARTS) is 2. The number of urea groups is 1. The maximum Gasteiger partial charge on any atom is 0.414 e. The van der Waals surface area contributed by atoms with Gasteiger partial charge in [0.15, 0.2) is 11.5 Å². The van der Waals surface area contributed by atoms with E-state index in [9.17, 15) is 9.59 Å². The van der Waals surface area contributed by atoms with Crippen molar-refractivity contribution < 1.29 is 38.9 Å². The molecule has 154 valence electrons. The van der Waals surface area contributed by atoms with Crippen LogP contribution in [-0.4, -0.2) is 65.9 Å². The molecule has 2 atom stereocenters. The molecule has 2 unspecified atom stereocenters. The lowest BCUT2D eigenvalue weighted by Gasteiger charge is -2.27. The maximum absolute atomic E-state index is 11.8. The Morgan fingerprint density at radius 2 is 1.75 bits per heavy atom. The Kier molecular flexibility index (Phi) is 9.23. The lowest BCUT2D eigenvalue weighted by atomic mass is 10.2. The molecule has 0 radical (unpaired) electrons. The number of fused-ring (bicyclic) bond motifs is 1. The summed E-state index contributed by atoms with van der Waals surface area (Å²) in [6.07, 6.45) is -0.186. The number of hydrogen-bond acceptors (Lipinski definition) is 7. The van der Waals surface area contributed by atoms with Gasteiger partial charge in [-0.1, -0.05) is 12.1 Å². The van der Waals surface area contributed by atoms with Crippen molar-refractivity contribution in [3.05, 3.63) is 24.3 Å². The molecule has 0 saturated carbocycles. The van der Waals surface area contributed by atoms with Gasteiger partial charge < -0.3 is 30.3 Å². The first-order valence-electron chi connectivity index (χ1n) is 8.41. The smallest absolute Gasteiger partial charge is 0.414 e. The molecule has 28 heavy (non-hydrogen) atoms. The topological polar surface area (TPSA) is 163 Å². The van der Waals surface area contributed by atoms with Crippen LogP contribution in [0.15, 0.2) is 24.3 Å². The first-order valence-corrected chi connectivity index (χ1v) is 8.41. The van der Waals surface area contributed by atoms with Crippen molar-refractivity contribution in [2.75, 3.05) is 19.7 Å². The molecular weight excluding hydrogens is 374 g/mol. The molecule has 0 aliphatic carbocycles. The van der Waals surface area contributed by atoms with Gasteiger partial charge in [0.25, 0.3) is 0 Å². The van der Waals surface area contributed by atoms with E-state index < -0.39 is 24.0 Å². The number of hydrogen-bond donors (Lipinski definition) is 5. The molecule has 2 rings (SSSR count). The number of imide groups is 1. The van der Waals surface area contributed by atoms with E-state index in [4.69, 9.17) is 29.3 Å². The van der Waals surface area contributed by atoms with Crippen molar-refractivity contribution in [3.8, 4) is 11.5 Å². The minimum atomic E-state index is -1.82. The average molecular weight is 397 g/mol. The Labute approximate surface area is 161 Å². The van der Waals surface area contributed by atoms with Crippen LogP contribution in [-0.2, 0) is 14.4 Å². The number of carboxylic acids is 2. The van der Waals surface area contributed by atoms with E-state index in [1.165, 1.54) is 0 Å². The van der Waals surface area contributed by atoms with Crippen LogP contribution in [0.5, 0.6) is 11.5 Å². The fourth-order valence-electron chi connectivity index (χ4n) is 1.99. The van der Waals surface area contributed by atoms with E-state index in [-0.39, 0.29) is 12.0 Å². The highest BCUT2D eigenvalue weighted by Gasteiger charge is 2.22. The number of ether oxygens (including phenoxy) is 2. The second-order valence-electron chi connectivity index (χ2n) is 5.59. The number of carbonyl (C=O) groups excluding carboxylic acids is 2. The second-order valence-corrected chi connectivity index (χ2v) is 5.59. The zero-order chi connectivity index (χ0) is 21.1. The lowest BCUT2D eigenvalue weighted by molar-refractivity contribution is -0.159. The number of nitrogens with one attached hydrogen (secondary N) is 3. The molecule has 5 N–H and O–H groups in total. The summed E-state index contributed by atoms with van der Waals surface area (Å²) in [6, 6.07) is 6.44. The number of carbonyl (C=O) groups is 4. The maximum atomic E-state index is 11.8. The minimum Gasteiger partial charge on any atom is -0.486 e. The Balaban J connectivity index is 0.000000568. The molecule has 3 amide bonds. The monoisotopic (exact) mass is 397 g/mol. The van der Waals surface area contributed by atoms with E-state index >= 15 is 0 Å². The van der Waals surface area contributed by atoms with Gasteiger partial charge in [0.2, 0.25) is 5.91 Å². The van der Waals surface area contributed by atoms with Crippen molar-refractivity contribution in [1.82, 2.24) is 16.0 Å². The summed E-state index contributed by atoms with van der Waals surface area (Å²) in [5.74, 6) is -2.62. The molecule has 1 heterocycles. The molecule has 0 saturated heterocycles. The van der Waals surface area contributed by atoms with E-state index in [1.807, 2.05) is 24.3 Å². The fraction of sp³-hybridized carbons (Fsp3) is 0.412. The van der Waals surface area contributed by atoms with Gasteiger partial charge in [-0.2, -0.15) is 0 Å². The largest absolute Gasteiger partial charge is 0.486 e. The molecule has 0 spiro atoms. The third kappa shape index (κ3) is 7.91. The molecule has 11 nitrogen and oxygen atoms in total. The van der Waals surface area contributed by atoms with Crippen LogP contribution in [0.3, 0.4) is 0 Å². The Morgan fingerprint density at radius 3 is 2.32 bits per heavy atom. The zero-order valence-electron chi connectivity index (χ0n) is 15.4. The van der Waals surface area contributed by atoms with Crippen LogP contribution in [0.1, 0.15) is 13.8 Å². The molecule has 0 fully saturated rings. The molecule has 11 heteroatoms. The van der Waals surface area contributed by atoms with E-state index in [2.05, 4.69) is 16.0 Å². The van der Waals surface area contributed by atoms with Crippen molar-refractivity contribution >= 4 is 23.9 Å². The zero-order valence-corrected chi connectivity index (χ0v) is 15.4. The van der Waals surface area contributed by atoms with Crippen LogP contribution < -0.4 is 25.4 Å². The third-order valence-electron chi connectivity index (χ3n) is 3.37. The van der Waals surface area contributed by atoms with Gasteiger partial charge in [0.05, 0.1) is 6.04 Å². The summed E-state index contributed by atoms with van der Waals surface area (Å²) in [7, 11) is 0. The molecule has 1 aliphatic heterocycles. The van der Waals surface area contributed by atoms with Gasteiger partial charge in [0, 0.05) is 13.1 Å². The van der Waals surface area contributed by atoms with Gasteiger partial charge in [0.1, 0.15) is 12.7 Å². The predicted molar refractivity (Wildman–Crippen MR) is 96.3 cm³/mol. The van der Waals surface area contributed by atoms with E-state index in [1.54, 1.807) is 13.8 Å². The van der Waals surface area contributed by atoms with Crippen molar-refractivity contribution in [2.45, 2.75) is 26.0 Å². The quantitative estimate of drug-likeness (QED) is 0.424. The van der Waals surface area contributed by atoms with Crippen LogP contribution in [0.2, 0.25) is 0 Å². The van der Waals surface area contributed by atoms with E-state index in [0.717, 1.165) is 5.75 Å². The Bertz CT molecular complexity index is 697. The van der Waals surface area contributed by atoms with Gasteiger partial charge in [-0.15, -0.1) is 0 Å². The molecule has 1 aromatic carbocycles. The van der Waals surface area contributed by atoms with Crippen LogP contribution in [0.25, 0.3) is 0 Å². The summed E-state index contributed by atoms with van der Waals surface area (Å²) in [6.45, 7) is 4.79. The average Bonchev–Trinajstić information content (AvgIpc) is 2.66. The summed E-state index contributed by atoms with van der Waals surface area (Å²) >= 11 is 0. The molecule has 0 aromatic heterocycles. The summed E-state index contributed by atoms with van der Waals surface area (Å²) in [5, 5.41) is 22.6. The first kappa shape index (κ1) is 22.7. The highest BCUT2D eigenvalue weighted by atomic mass is 16.6. The lowest BCUT2D eigenvalue weighted by Crippen LogP contribution is -2.50. The normalized spacial score (nSPS) is 15.3. The molecule has 1 aromatic rings. The van der Waals surface area contributed by atoms with Gasteiger partial charge >= 0.3 is 18.0 Å². The highest BCUT2D eigenvalue weighted by Crippen LogP contribution is 2.30. The number of para-hydroxylation sites is 2. The predicted octanol–water partition coefficient (Wildman–Crippen LogP) is -0.194. The summed E-state index contributed by atoms with van der Waals surface area (Å²) in [4.78, 5) is 41.3. The van der Waals surface area contributed by atoms with Gasteiger partial charge in [-0.05, 0) is 26.0 Å². The summed E-state index contributed by atoms with van der Waals surface area (Å²) in [5.41, 5.74) is 0. The van der Waals surface area contributed by atoms with Crippen molar-refractivity contribution in [2.24, 2.45) is 0 Å². The first-order chi connectivity index (χ1) is 13.2. The number of amides is 3. The van der Waals surface area contributed by atoms with Crippen LogP contribution in [0, 0.1) is 0 Å². The van der Waals surface area contributed by atoms with Crippen LogP contribution in [0.4, 0.5) is 4.79 Å². The van der Waals surface area contributed by atoms with Crippen molar-refractivity contribution in [3.63, 3.8) is 0 Å². The Hall–Kier alpha value is -3.34. The van der Waals surface area contributed by atoms with Gasteiger partial charge in [-0.3, -0.25) is 10.1 Å². The SMILES string of the molecule is CCNC(=O)NC(=O)C(C)NCC1COc2ccccc2O1.O=C(O)C(=O)O. The standard InChI is InChI=1S/C15H21N3O4.C2H2O4/c1-3-16-15(20)18-14(19)10(2)17-8-11-9-21-12-6-4-5-7-13(12)22-11;3-1(4)2(5)6/h4-7,10-11,17H,3,8-9H2,1-2H3,(H2,16,18,19,20);(H,3,4)(H,5,6). The van der Waals surface area contributed by atoms with Crippen LogP contribution >= 0.6 is 0 Å². The number of benzene rings is 1. The number of aliphatic carboxylic acids is 2. The highest BCUT2D eigenvalue weighted by molar-refractivity contribution is 6.27. The molecular formula is C17H23N3O8. The minimum absolute atomic E-state index is 0.186.